The summed E-state index contributed by atoms with van der Waals surface area (Å²) in [4.78, 5) is 16.1. The van der Waals surface area contributed by atoms with Gasteiger partial charge >= 0.3 is 5.97 Å². The second-order valence-electron chi connectivity index (χ2n) is 5.99. The standard InChI is InChI=1S/C22H19N3O4S/c1-27-19-9-6-15(10-20(19)28-2)18-13-30-21(25-18)16(11-23)12-24-17-7-4-14(5-8-17)22(26)29-3/h4-10,12-13,24H,1-3H3/b16-12+. The van der Waals surface area contributed by atoms with Crippen LogP contribution in [0.15, 0.2) is 54.0 Å². The van der Waals surface area contributed by atoms with Crippen LogP contribution in [0.3, 0.4) is 0 Å². The number of nitriles is 1. The van der Waals surface area contributed by atoms with Gasteiger partial charge in [-0.05, 0) is 42.5 Å². The van der Waals surface area contributed by atoms with Gasteiger partial charge in [0.1, 0.15) is 16.6 Å². The van der Waals surface area contributed by atoms with E-state index in [1.807, 2.05) is 23.6 Å². The molecule has 0 fully saturated rings. The predicted molar refractivity (Wildman–Crippen MR) is 116 cm³/mol. The van der Waals surface area contributed by atoms with Crippen LogP contribution in [0.2, 0.25) is 0 Å². The fourth-order valence-electron chi connectivity index (χ4n) is 2.64. The lowest BCUT2D eigenvalue weighted by atomic mass is 10.1. The maximum absolute atomic E-state index is 11.5. The molecule has 1 aromatic heterocycles. The van der Waals surface area contributed by atoms with E-state index in [-0.39, 0.29) is 0 Å². The summed E-state index contributed by atoms with van der Waals surface area (Å²) in [6.07, 6.45) is 1.59. The third-order valence-electron chi connectivity index (χ3n) is 4.22. The second kappa shape index (κ2) is 9.58. The highest BCUT2D eigenvalue weighted by molar-refractivity contribution is 7.11. The summed E-state index contributed by atoms with van der Waals surface area (Å²) in [6, 6.07) is 14.5. The minimum absolute atomic E-state index is 0.392. The lowest BCUT2D eigenvalue weighted by Crippen LogP contribution is -2.00. The SMILES string of the molecule is COC(=O)c1ccc(N/C=C(\C#N)c2nc(-c3ccc(OC)c(OC)c3)cs2)cc1. The van der Waals surface area contributed by atoms with Crippen LogP contribution in [0, 0.1) is 11.3 Å². The zero-order chi connectivity index (χ0) is 21.5. The minimum Gasteiger partial charge on any atom is -0.493 e. The Labute approximate surface area is 178 Å². The van der Waals surface area contributed by atoms with E-state index in [0.29, 0.717) is 27.6 Å². The average molecular weight is 421 g/mol. The Balaban J connectivity index is 1.79. The molecule has 152 valence electrons. The molecule has 3 rings (SSSR count). The molecule has 2 aromatic carbocycles. The number of aromatic nitrogens is 1. The molecular formula is C22H19N3O4S. The quantitative estimate of drug-likeness (QED) is 0.440. The number of allylic oxidation sites excluding steroid dienone is 1. The highest BCUT2D eigenvalue weighted by Crippen LogP contribution is 2.33. The number of methoxy groups -OCH3 is 3. The Hall–Kier alpha value is -3.83. The van der Waals surface area contributed by atoms with E-state index in [1.165, 1.54) is 18.4 Å². The van der Waals surface area contributed by atoms with E-state index in [0.717, 1.165) is 16.9 Å². The number of hydrogen-bond donors (Lipinski definition) is 1. The van der Waals surface area contributed by atoms with Crippen molar-refractivity contribution in [2.45, 2.75) is 0 Å². The number of hydrogen-bond acceptors (Lipinski definition) is 8. The van der Waals surface area contributed by atoms with Gasteiger partial charge in [0.15, 0.2) is 11.5 Å². The van der Waals surface area contributed by atoms with Crippen LogP contribution in [-0.4, -0.2) is 32.3 Å². The van der Waals surface area contributed by atoms with Crippen molar-refractivity contribution in [1.29, 1.82) is 5.26 Å². The van der Waals surface area contributed by atoms with Gasteiger partial charge in [-0.1, -0.05) is 0 Å². The molecule has 0 aliphatic carbocycles. The van der Waals surface area contributed by atoms with E-state index < -0.39 is 5.97 Å². The number of nitrogens with one attached hydrogen (secondary N) is 1. The maximum Gasteiger partial charge on any atom is 0.337 e. The Morgan fingerprint density at radius 1 is 1.10 bits per heavy atom. The van der Waals surface area contributed by atoms with Gasteiger partial charge in [-0.15, -0.1) is 11.3 Å². The van der Waals surface area contributed by atoms with Gasteiger partial charge in [0.05, 0.1) is 32.6 Å². The molecule has 3 aromatic rings. The molecule has 0 aliphatic rings. The van der Waals surface area contributed by atoms with E-state index in [9.17, 15) is 10.1 Å². The van der Waals surface area contributed by atoms with Crippen LogP contribution in [0.1, 0.15) is 15.4 Å². The molecule has 0 saturated heterocycles. The van der Waals surface area contributed by atoms with Crippen molar-refractivity contribution in [2.24, 2.45) is 0 Å². The topological polar surface area (TPSA) is 93.5 Å². The Morgan fingerprint density at radius 3 is 2.47 bits per heavy atom. The number of ether oxygens (including phenoxy) is 3. The summed E-state index contributed by atoms with van der Waals surface area (Å²) >= 11 is 1.37. The Kier molecular flexibility index (Phi) is 6.67. The monoisotopic (exact) mass is 421 g/mol. The zero-order valence-corrected chi connectivity index (χ0v) is 17.4. The first-order chi connectivity index (χ1) is 14.6. The van der Waals surface area contributed by atoms with Gasteiger partial charge in [-0.3, -0.25) is 0 Å². The van der Waals surface area contributed by atoms with E-state index in [4.69, 9.17) is 9.47 Å². The molecular weight excluding hydrogens is 402 g/mol. The van der Waals surface area contributed by atoms with Gasteiger partial charge in [-0.2, -0.15) is 5.26 Å². The molecule has 0 amide bonds. The molecule has 0 spiro atoms. The number of rotatable bonds is 7. The normalized spacial score (nSPS) is 10.8. The number of esters is 1. The zero-order valence-electron chi connectivity index (χ0n) is 16.6. The number of anilines is 1. The van der Waals surface area contributed by atoms with Gasteiger partial charge in [0.25, 0.3) is 0 Å². The Bertz CT molecular complexity index is 1110. The molecule has 0 radical (unpaired) electrons. The first-order valence-electron chi connectivity index (χ1n) is 8.83. The van der Waals surface area contributed by atoms with Crippen LogP contribution >= 0.6 is 11.3 Å². The van der Waals surface area contributed by atoms with Crippen molar-refractivity contribution < 1.29 is 19.0 Å². The molecule has 0 unspecified atom stereocenters. The fourth-order valence-corrected chi connectivity index (χ4v) is 3.44. The maximum atomic E-state index is 11.5. The molecule has 1 N–H and O–H groups in total. The molecule has 0 saturated carbocycles. The van der Waals surface area contributed by atoms with Crippen LogP contribution < -0.4 is 14.8 Å². The summed E-state index contributed by atoms with van der Waals surface area (Å²) in [7, 11) is 4.49. The molecule has 8 heteroatoms. The molecule has 0 bridgehead atoms. The summed E-state index contributed by atoms with van der Waals surface area (Å²) < 4.78 is 15.3. The molecule has 1 heterocycles. The van der Waals surface area contributed by atoms with Crippen LogP contribution in [0.25, 0.3) is 16.8 Å². The van der Waals surface area contributed by atoms with Crippen LogP contribution in [-0.2, 0) is 4.74 Å². The summed E-state index contributed by atoms with van der Waals surface area (Å²) in [5.41, 5.74) is 3.17. The van der Waals surface area contributed by atoms with Crippen molar-refractivity contribution in [2.75, 3.05) is 26.6 Å². The fraction of sp³-hybridized carbons (Fsp3) is 0.136. The van der Waals surface area contributed by atoms with E-state index in [2.05, 4.69) is 21.1 Å². The summed E-state index contributed by atoms with van der Waals surface area (Å²) in [5, 5.41) is 15.1. The largest absolute Gasteiger partial charge is 0.493 e. The van der Waals surface area contributed by atoms with E-state index in [1.54, 1.807) is 44.7 Å². The van der Waals surface area contributed by atoms with Crippen LogP contribution in [0.5, 0.6) is 11.5 Å². The lowest BCUT2D eigenvalue weighted by Gasteiger charge is -2.08. The highest BCUT2D eigenvalue weighted by Gasteiger charge is 2.12. The molecule has 0 atom stereocenters. The number of benzene rings is 2. The number of thiazole rings is 1. The van der Waals surface area contributed by atoms with Gasteiger partial charge < -0.3 is 19.5 Å². The first kappa shape index (κ1) is 20.9. The average Bonchev–Trinajstić information content (AvgIpc) is 3.29. The second-order valence-corrected chi connectivity index (χ2v) is 6.85. The van der Waals surface area contributed by atoms with Crippen molar-refractivity contribution >= 4 is 28.6 Å². The van der Waals surface area contributed by atoms with Crippen LogP contribution in [0.4, 0.5) is 5.69 Å². The van der Waals surface area contributed by atoms with Crippen molar-refractivity contribution in [1.82, 2.24) is 4.98 Å². The minimum atomic E-state index is -0.403. The molecule has 7 nitrogen and oxygen atoms in total. The van der Waals surface area contributed by atoms with Gasteiger partial charge in [-0.25, -0.2) is 9.78 Å². The summed E-state index contributed by atoms with van der Waals surface area (Å²) in [6.45, 7) is 0. The lowest BCUT2D eigenvalue weighted by molar-refractivity contribution is 0.0601. The van der Waals surface area contributed by atoms with Crippen molar-refractivity contribution in [3.63, 3.8) is 0 Å². The van der Waals surface area contributed by atoms with E-state index >= 15 is 0 Å². The molecule has 30 heavy (non-hydrogen) atoms. The van der Waals surface area contributed by atoms with Gasteiger partial charge in [0.2, 0.25) is 0 Å². The van der Waals surface area contributed by atoms with Crippen molar-refractivity contribution in [3.8, 4) is 28.8 Å². The van der Waals surface area contributed by atoms with Crippen molar-refractivity contribution in [3.05, 3.63) is 64.6 Å². The number of carbonyl (C=O) groups is 1. The molecule has 0 aliphatic heterocycles. The highest BCUT2D eigenvalue weighted by atomic mass is 32.1. The third-order valence-corrected chi connectivity index (χ3v) is 5.10. The third kappa shape index (κ3) is 4.59. The van der Waals surface area contributed by atoms with Gasteiger partial charge in [0, 0.05) is 22.8 Å². The first-order valence-corrected chi connectivity index (χ1v) is 9.71. The summed E-state index contributed by atoms with van der Waals surface area (Å²) in [5.74, 6) is 0.842. The Morgan fingerprint density at radius 2 is 1.83 bits per heavy atom. The number of nitrogens with zero attached hydrogens (tertiary/aromatic N) is 2. The number of carbonyl (C=O) groups excluding carboxylic acids is 1. The smallest absolute Gasteiger partial charge is 0.337 e. The predicted octanol–water partition coefficient (Wildman–Crippen LogP) is 4.59.